The third-order valence-electron chi connectivity index (χ3n) is 6.33. The minimum atomic E-state index is -3.12. The van der Waals surface area contributed by atoms with Gasteiger partial charge in [0.25, 0.3) is 0 Å². The lowest BCUT2D eigenvalue weighted by Crippen LogP contribution is -2.39. The second-order valence-corrected chi connectivity index (χ2v) is 9.52. The molecule has 4 heteroatoms. The lowest BCUT2D eigenvalue weighted by Gasteiger charge is -2.47. The number of hydrogen-bond acceptors (Lipinski definition) is 2. The van der Waals surface area contributed by atoms with Crippen molar-refractivity contribution in [2.75, 3.05) is 18.8 Å². The normalized spacial score (nSPS) is 30.7. The van der Waals surface area contributed by atoms with Gasteiger partial charge < -0.3 is 0 Å². The van der Waals surface area contributed by atoms with Crippen LogP contribution in [0, 0.1) is 11.8 Å². The molecule has 1 heterocycles. The Morgan fingerprint density at radius 3 is 1.54 bits per heavy atom. The summed E-state index contributed by atoms with van der Waals surface area (Å²) in [6, 6.07) is 17.5. The van der Waals surface area contributed by atoms with Gasteiger partial charge in [-0.15, -0.1) is 0 Å². The fraction of sp³-hybridized carbons (Fsp3) is 0.400. The van der Waals surface area contributed by atoms with Crippen LogP contribution in [0.25, 0.3) is 0 Å². The topological polar surface area (TPSA) is 37.4 Å². The van der Waals surface area contributed by atoms with Crippen molar-refractivity contribution >= 4 is 10.0 Å². The van der Waals surface area contributed by atoms with Gasteiger partial charge in [0.1, 0.15) is 0 Å². The Labute approximate surface area is 143 Å². The molecule has 1 fully saturated rings. The van der Waals surface area contributed by atoms with Crippen molar-refractivity contribution in [1.29, 1.82) is 0 Å². The summed E-state index contributed by atoms with van der Waals surface area (Å²) < 4.78 is 26.7. The molecule has 2 atom stereocenters. The fourth-order valence-corrected chi connectivity index (χ4v) is 6.51. The maximum atomic E-state index is 12.5. The SMILES string of the molecule is CCS(=O)(=O)N1C[C@@H]2C3c4ccccc4C(c4ccccc43)[C@@H]2C1. The van der Waals surface area contributed by atoms with Gasteiger partial charge >= 0.3 is 0 Å². The summed E-state index contributed by atoms with van der Waals surface area (Å²) in [6.07, 6.45) is 0. The van der Waals surface area contributed by atoms with Gasteiger partial charge in [0.05, 0.1) is 5.75 Å². The first-order valence-electron chi connectivity index (χ1n) is 8.77. The highest BCUT2D eigenvalue weighted by Crippen LogP contribution is 2.60. The lowest BCUT2D eigenvalue weighted by atomic mass is 9.55. The van der Waals surface area contributed by atoms with Gasteiger partial charge in [-0.05, 0) is 41.0 Å². The van der Waals surface area contributed by atoms with Crippen molar-refractivity contribution in [3.8, 4) is 0 Å². The zero-order chi connectivity index (χ0) is 16.5. The molecular weight excluding hydrogens is 318 g/mol. The zero-order valence-electron chi connectivity index (χ0n) is 13.7. The maximum Gasteiger partial charge on any atom is 0.213 e. The Bertz CT molecular complexity index is 815. The molecule has 6 rings (SSSR count). The smallest absolute Gasteiger partial charge is 0.212 e. The monoisotopic (exact) mass is 339 g/mol. The van der Waals surface area contributed by atoms with Crippen LogP contribution in [0.5, 0.6) is 0 Å². The van der Waals surface area contributed by atoms with E-state index in [4.69, 9.17) is 0 Å². The van der Waals surface area contributed by atoms with Gasteiger partial charge in [0.15, 0.2) is 0 Å². The fourth-order valence-electron chi connectivity index (χ4n) is 5.34. The van der Waals surface area contributed by atoms with E-state index in [1.54, 1.807) is 11.2 Å². The van der Waals surface area contributed by atoms with Gasteiger partial charge in [-0.2, -0.15) is 0 Å². The highest BCUT2D eigenvalue weighted by atomic mass is 32.2. The van der Waals surface area contributed by atoms with E-state index in [2.05, 4.69) is 48.5 Å². The Morgan fingerprint density at radius 1 is 0.833 bits per heavy atom. The molecule has 0 spiro atoms. The van der Waals surface area contributed by atoms with Crippen LogP contribution in [0.4, 0.5) is 0 Å². The summed E-state index contributed by atoms with van der Waals surface area (Å²) in [7, 11) is -3.12. The summed E-state index contributed by atoms with van der Waals surface area (Å²) in [5.41, 5.74) is 5.66. The van der Waals surface area contributed by atoms with Crippen LogP contribution in [0.1, 0.15) is 41.0 Å². The standard InChI is InChI=1S/C20H21NO2S/c1-2-24(22,23)21-11-17-18(12-21)20-14-8-4-3-7-13(14)19(17)15-9-5-6-10-16(15)20/h3-10,17-20H,2,11-12H2,1H3/t17-,18+,19?,20?. The quantitative estimate of drug-likeness (QED) is 0.843. The van der Waals surface area contributed by atoms with E-state index >= 15 is 0 Å². The average molecular weight is 339 g/mol. The summed E-state index contributed by atoms with van der Waals surface area (Å²) >= 11 is 0. The number of rotatable bonds is 2. The van der Waals surface area contributed by atoms with E-state index in [-0.39, 0.29) is 5.75 Å². The predicted octanol–water partition coefficient (Wildman–Crippen LogP) is 3.18. The molecular formula is C20H21NO2S. The Balaban J connectivity index is 1.69. The molecule has 2 bridgehead atoms. The van der Waals surface area contributed by atoms with Crippen LogP contribution in [-0.4, -0.2) is 31.6 Å². The number of benzene rings is 2. The molecule has 3 aliphatic carbocycles. The molecule has 0 unspecified atom stereocenters. The largest absolute Gasteiger partial charge is 0.213 e. The molecule has 0 N–H and O–H groups in total. The molecule has 24 heavy (non-hydrogen) atoms. The van der Waals surface area contributed by atoms with Gasteiger partial charge in [-0.3, -0.25) is 0 Å². The number of sulfonamides is 1. The molecule has 2 aromatic rings. The first-order chi connectivity index (χ1) is 11.6. The highest BCUT2D eigenvalue weighted by molar-refractivity contribution is 7.89. The highest BCUT2D eigenvalue weighted by Gasteiger charge is 2.54. The zero-order valence-corrected chi connectivity index (χ0v) is 14.5. The van der Waals surface area contributed by atoms with Crippen molar-refractivity contribution in [2.45, 2.75) is 18.8 Å². The number of hydrogen-bond donors (Lipinski definition) is 0. The third kappa shape index (κ3) is 1.78. The van der Waals surface area contributed by atoms with Crippen LogP contribution in [-0.2, 0) is 10.0 Å². The Hall–Kier alpha value is -1.65. The molecule has 0 saturated carbocycles. The molecule has 0 amide bonds. The maximum absolute atomic E-state index is 12.5. The predicted molar refractivity (Wildman–Crippen MR) is 94.6 cm³/mol. The average Bonchev–Trinajstić information content (AvgIpc) is 3.08. The van der Waals surface area contributed by atoms with Crippen LogP contribution < -0.4 is 0 Å². The van der Waals surface area contributed by atoms with Crippen LogP contribution in [0.15, 0.2) is 48.5 Å². The molecule has 2 aromatic carbocycles. The van der Waals surface area contributed by atoms with Crippen LogP contribution >= 0.6 is 0 Å². The number of nitrogens with zero attached hydrogens (tertiary/aromatic N) is 1. The minimum Gasteiger partial charge on any atom is -0.212 e. The summed E-state index contributed by atoms with van der Waals surface area (Å²) in [6.45, 7) is 3.09. The van der Waals surface area contributed by atoms with Gasteiger partial charge in [0.2, 0.25) is 10.0 Å². The second kappa shape index (κ2) is 4.93. The Morgan fingerprint density at radius 2 is 1.21 bits per heavy atom. The minimum absolute atomic E-state index is 0.196. The van der Waals surface area contributed by atoms with Gasteiger partial charge in [-0.1, -0.05) is 48.5 Å². The molecule has 124 valence electrons. The van der Waals surface area contributed by atoms with E-state index in [1.165, 1.54) is 22.3 Å². The molecule has 1 aliphatic heterocycles. The van der Waals surface area contributed by atoms with E-state index in [0.717, 1.165) is 0 Å². The molecule has 0 aromatic heterocycles. The lowest BCUT2D eigenvalue weighted by molar-refractivity contribution is 0.294. The van der Waals surface area contributed by atoms with Crippen molar-refractivity contribution in [2.24, 2.45) is 11.8 Å². The molecule has 0 radical (unpaired) electrons. The first-order valence-corrected chi connectivity index (χ1v) is 10.4. The first kappa shape index (κ1) is 14.7. The van der Waals surface area contributed by atoms with Crippen molar-refractivity contribution in [3.63, 3.8) is 0 Å². The van der Waals surface area contributed by atoms with E-state index < -0.39 is 10.0 Å². The van der Waals surface area contributed by atoms with Crippen molar-refractivity contribution < 1.29 is 8.42 Å². The van der Waals surface area contributed by atoms with Crippen molar-refractivity contribution in [3.05, 3.63) is 70.8 Å². The summed E-state index contributed by atoms with van der Waals surface area (Å²) in [5.74, 6) is 1.68. The third-order valence-corrected chi connectivity index (χ3v) is 8.14. The van der Waals surface area contributed by atoms with Gasteiger partial charge in [0, 0.05) is 24.9 Å². The van der Waals surface area contributed by atoms with E-state index in [0.29, 0.717) is 36.8 Å². The van der Waals surface area contributed by atoms with Crippen LogP contribution in [0.2, 0.25) is 0 Å². The molecule has 3 nitrogen and oxygen atoms in total. The summed E-state index contributed by atoms with van der Waals surface area (Å²) in [5, 5.41) is 0. The van der Waals surface area contributed by atoms with Gasteiger partial charge in [-0.25, -0.2) is 12.7 Å². The van der Waals surface area contributed by atoms with E-state index in [9.17, 15) is 8.42 Å². The van der Waals surface area contributed by atoms with Crippen LogP contribution in [0.3, 0.4) is 0 Å². The second-order valence-electron chi connectivity index (χ2n) is 7.26. The van der Waals surface area contributed by atoms with E-state index in [1.807, 2.05) is 0 Å². The van der Waals surface area contributed by atoms with Crippen molar-refractivity contribution in [1.82, 2.24) is 4.31 Å². The Kier molecular flexibility index (Phi) is 3.01. The molecule has 4 aliphatic rings. The summed E-state index contributed by atoms with van der Waals surface area (Å²) in [4.78, 5) is 0. The molecule has 1 saturated heterocycles.